The topological polar surface area (TPSA) is 63.4 Å². The van der Waals surface area contributed by atoms with Crippen molar-refractivity contribution in [2.45, 2.75) is 12.6 Å². The molecule has 2 heterocycles. The van der Waals surface area contributed by atoms with Gasteiger partial charge < -0.3 is 10.6 Å². The monoisotopic (exact) mass is 376 g/mol. The summed E-state index contributed by atoms with van der Waals surface area (Å²) in [5.74, 6) is -1.26. The van der Waals surface area contributed by atoms with E-state index in [1.165, 1.54) is 11.0 Å². The summed E-state index contributed by atoms with van der Waals surface area (Å²) in [5.41, 5.74) is 4.45. The summed E-state index contributed by atoms with van der Waals surface area (Å²) in [6, 6.07) is 3.19. The number of nitrogens with zero attached hydrogens (tertiary/aromatic N) is 1. The van der Waals surface area contributed by atoms with Gasteiger partial charge in [-0.25, -0.2) is 0 Å². The standard InChI is InChI=1S/C15H12ClF3N2O2S/c16-11-9-2-1-8(15(17,18)19)5-10(9)24-12(11)14(23)21-4-3-7(6-21)13(20)22/h1-2,5,7H,3-4,6H2,(H2,20,22)/t7-/m1/s1. The third-order valence-corrected chi connectivity index (χ3v) is 5.67. The second kappa shape index (κ2) is 5.93. The molecule has 1 atom stereocenters. The van der Waals surface area contributed by atoms with E-state index >= 15 is 0 Å². The van der Waals surface area contributed by atoms with Crippen LogP contribution >= 0.6 is 22.9 Å². The lowest BCUT2D eigenvalue weighted by Gasteiger charge is -2.14. The van der Waals surface area contributed by atoms with Crippen molar-refractivity contribution in [3.63, 3.8) is 0 Å². The maximum atomic E-state index is 12.8. The van der Waals surface area contributed by atoms with Crippen LogP contribution in [0.3, 0.4) is 0 Å². The fourth-order valence-electron chi connectivity index (χ4n) is 2.70. The normalized spacial score (nSPS) is 18.3. The lowest BCUT2D eigenvalue weighted by molar-refractivity contribution is -0.137. The van der Waals surface area contributed by atoms with Crippen LogP contribution in [0.1, 0.15) is 21.7 Å². The molecule has 128 valence electrons. The number of thiophene rings is 1. The van der Waals surface area contributed by atoms with Crippen LogP contribution in [-0.2, 0) is 11.0 Å². The Hall–Kier alpha value is -1.80. The molecule has 0 radical (unpaired) electrons. The summed E-state index contributed by atoms with van der Waals surface area (Å²) >= 11 is 7.11. The number of nitrogens with two attached hydrogens (primary N) is 1. The first-order valence-corrected chi connectivity index (χ1v) is 8.25. The van der Waals surface area contributed by atoms with Gasteiger partial charge in [0.1, 0.15) is 4.88 Å². The Morgan fingerprint density at radius 2 is 2.04 bits per heavy atom. The van der Waals surface area contributed by atoms with Gasteiger partial charge in [0.25, 0.3) is 5.91 Å². The number of rotatable bonds is 2. The Morgan fingerprint density at radius 1 is 1.33 bits per heavy atom. The molecule has 1 fully saturated rings. The molecule has 0 spiro atoms. The fourth-order valence-corrected chi connectivity index (χ4v) is 4.22. The molecule has 0 unspecified atom stereocenters. The molecule has 24 heavy (non-hydrogen) atoms. The van der Waals surface area contributed by atoms with Gasteiger partial charge in [0.2, 0.25) is 5.91 Å². The van der Waals surface area contributed by atoms with Crippen LogP contribution in [0.2, 0.25) is 5.02 Å². The van der Waals surface area contributed by atoms with E-state index in [1.807, 2.05) is 0 Å². The minimum absolute atomic E-state index is 0.135. The maximum Gasteiger partial charge on any atom is 0.416 e. The van der Waals surface area contributed by atoms with Crippen molar-refractivity contribution in [3.05, 3.63) is 33.7 Å². The van der Waals surface area contributed by atoms with Crippen LogP contribution in [0.15, 0.2) is 18.2 Å². The van der Waals surface area contributed by atoms with Crippen LogP contribution in [0, 0.1) is 5.92 Å². The van der Waals surface area contributed by atoms with Gasteiger partial charge in [0, 0.05) is 23.2 Å². The number of alkyl halides is 3. The van der Waals surface area contributed by atoms with Crippen molar-refractivity contribution >= 4 is 44.8 Å². The Labute approximate surface area is 144 Å². The average molecular weight is 377 g/mol. The molecule has 4 nitrogen and oxygen atoms in total. The highest BCUT2D eigenvalue weighted by atomic mass is 35.5. The number of carbonyl (C=O) groups excluding carboxylic acids is 2. The van der Waals surface area contributed by atoms with E-state index in [0.717, 1.165) is 23.5 Å². The molecule has 2 N–H and O–H groups in total. The molecule has 2 amide bonds. The van der Waals surface area contributed by atoms with Crippen molar-refractivity contribution < 1.29 is 22.8 Å². The Bertz CT molecular complexity index is 834. The SMILES string of the molecule is NC(=O)[C@@H]1CCN(C(=O)c2sc3cc(C(F)(F)F)ccc3c2Cl)C1. The van der Waals surface area contributed by atoms with Crippen LogP contribution in [-0.4, -0.2) is 29.8 Å². The first kappa shape index (κ1) is 17.0. The first-order valence-electron chi connectivity index (χ1n) is 7.06. The number of amides is 2. The lowest BCUT2D eigenvalue weighted by atomic mass is 10.1. The summed E-state index contributed by atoms with van der Waals surface area (Å²) < 4.78 is 38.7. The van der Waals surface area contributed by atoms with Crippen LogP contribution in [0.4, 0.5) is 13.2 Å². The molecule has 1 aliphatic rings. The molecule has 2 aromatic rings. The maximum absolute atomic E-state index is 12.8. The third kappa shape index (κ3) is 2.95. The van der Waals surface area contributed by atoms with Gasteiger partial charge in [0.05, 0.1) is 16.5 Å². The minimum Gasteiger partial charge on any atom is -0.369 e. The summed E-state index contributed by atoms with van der Waals surface area (Å²) in [6.07, 6.45) is -3.99. The van der Waals surface area contributed by atoms with Crippen molar-refractivity contribution in [1.29, 1.82) is 0 Å². The van der Waals surface area contributed by atoms with Gasteiger partial charge in [-0.3, -0.25) is 9.59 Å². The molecule has 1 aromatic carbocycles. The van der Waals surface area contributed by atoms with Crippen molar-refractivity contribution in [2.24, 2.45) is 11.7 Å². The predicted octanol–water partition coefficient (Wildman–Crippen LogP) is 3.52. The molecule has 1 saturated heterocycles. The van der Waals surface area contributed by atoms with E-state index in [2.05, 4.69) is 0 Å². The number of benzene rings is 1. The molecule has 0 aliphatic carbocycles. The Kier molecular flexibility index (Phi) is 4.21. The number of likely N-dealkylation sites (tertiary alicyclic amines) is 1. The molecule has 9 heteroatoms. The van der Waals surface area contributed by atoms with Gasteiger partial charge in [-0.15, -0.1) is 11.3 Å². The second-order valence-electron chi connectivity index (χ2n) is 5.59. The number of halogens is 4. The number of fused-ring (bicyclic) bond motifs is 1. The molecule has 3 rings (SSSR count). The Balaban J connectivity index is 1.94. The number of hydrogen-bond acceptors (Lipinski definition) is 3. The van der Waals surface area contributed by atoms with E-state index in [4.69, 9.17) is 17.3 Å². The van der Waals surface area contributed by atoms with E-state index in [-0.39, 0.29) is 16.4 Å². The zero-order valence-electron chi connectivity index (χ0n) is 12.2. The Morgan fingerprint density at radius 3 is 2.62 bits per heavy atom. The van der Waals surface area contributed by atoms with Crippen LogP contribution in [0.5, 0.6) is 0 Å². The van der Waals surface area contributed by atoms with Gasteiger partial charge in [-0.2, -0.15) is 13.2 Å². The summed E-state index contributed by atoms with van der Waals surface area (Å²) in [5, 5.41) is 0.542. The molecule has 0 saturated carbocycles. The quantitative estimate of drug-likeness (QED) is 0.871. The predicted molar refractivity (Wildman–Crippen MR) is 85.0 cm³/mol. The lowest BCUT2D eigenvalue weighted by Crippen LogP contribution is -2.31. The van der Waals surface area contributed by atoms with Gasteiger partial charge in [-0.1, -0.05) is 17.7 Å². The highest BCUT2D eigenvalue weighted by molar-refractivity contribution is 7.21. The van der Waals surface area contributed by atoms with Crippen molar-refractivity contribution in [3.8, 4) is 0 Å². The highest BCUT2D eigenvalue weighted by Gasteiger charge is 2.33. The summed E-state index contributed by atoms with van der Waals surface area (Å²) in [4.78, 5) is 25.4. The number of primary amides is 1. The van der Waals surface area contributed by atoms with E-state index < -0.39 is 29.5 Å². The highest BCUT2D eigenvalue weighted by Crippen LogP contribution is 2.40. The zero-order chi connectivity index (χ0) is 17.6. The van der Waals surface area contributed by atoms with E-state index in [9.17, 15) is 22.8 Å². The smallest absolute Gasteiger partial charge is 0.369 e. The molecule has 1 aliphatic heterocycles. The van der Waals surface area contributed by atoms with Gasteiger partial charge in [0.15, 0.2) is 0 Å². The zero-order valence-corrected chi connectivity index (χ0v) is 13.8. The molecule has 0 bridgehead atoms. The van der Waals surface area contributed by atoms with Crippen molar-refractivity contribution in [2.75, 3.05) is 13.1 Å². The minimum atomic E-state index is -4.46. The first-order chi connectivity index (χ1) is 11.2. The van der Waals surface area contributed by atoms with E-state index in [0.29, 0.717) is 23.1 Å². The summed E-state index contributed by atoms with van der Waals surface area (Å²) in [6.45, 7) is 0.567. The molecular weight excluding hydrogens is 365 g/mol. The van der Waals surface area contributed by atoms with Crippen LogP contribution < -0.4 is 5.73 Å². The van der Waals surface area contributed by atoms with Gasteiger partial charge in [-0.05, 0) is 18.6 Å². The van der Waals surface area contributed by atoms with Crippen LogP contribution in [0.25, 0.3) is 10.1 Å². The van der Waals surface area contributed by atoms with E-state index in [1.54, 1.807) is 0 Å². The average Bonchev–Trinajstić information content (AvgIpc) is 3.11. The molecule has 1 aromatic heterocycles. The summed E-state index contributed by atoms with van der Waals surface area (Å²) in [7, 11) is 0. The van der Waals surface area contributed by atoms with Crippen molar-refractivity contribution in [1.82, 2.24) is 4.90 Å². The molecular formula is C15H12ClF3N2O2S. The fraction of sp³-hybridized carbons (Fsp3) is 0.333. The second-order valence-corrected chi connectivity index (χ2v) is 7.02. The number of hydrogen-bond donors (Lipinski definition) is 1. The number of carbonyl (C=O) groups is 2. The van der Waals surface area contributed by atoms with Gasteiger partial charge >= 0.3 is 6.18 Å². The third-order valence-electron chi connectivity index (χ3n) is 4.03. The largest absolute Gasteiger partial charge is 0.416 e.